The Morgan fingerprint density at radius 1 is 0.833 bits per heavy atom. The SMILES string of the molecule is COc1ccc([C@@H](CCCNC(=O)c2ccncc2)N2C(=O)c3cccc(N4CCN([C@H](C)c5ccccc5)CC4)c3C2=O)cc1OC. The van der Waals surface area contributed by atoms with E-state index < -0.39 is 6.04 Å². The normalized spacial score (nSPS) is 16.0. The lowest BCUT2D eigenvalue weighted by Gasteiger charge is -2.39. The number of fused-ring (bicyclic) bond motifs is 1. The summed E-state index contributed by atoms with van der Waals surface area (Å²) in [6.07, 6.45) is 4.11. The molecule has 48 heavy (non-hydrogen) atoms. The number of nitrogens with zero attached hydrogens (tertiary/aromatic N) is 4. The molecule has 0 radical (unpaired) electrons. The second-order valence-corrected chi connectivity index (χ2v) is 12.1. The van der Waals surface area contributed by atoms with Gasteiger partial charge < -0.3 is 19.7 Å². The second kappa shape index (κ2) is 14.7. The van der Waals surface area contributed by atoms with E-state index in [0.29, 0.717) is 47.6 Å². The molecule has 10 nitrogen and oxygen atoms in total. The largest absolute Gasteiger partial charge is 0.493 e. The van der Waals surface area contributed by atoms with Crippen molar-refractivity contribution in [2.24, 2.45) is 0 Å². The first-order valence-electron chi connectivity index (χ1n) is 16.4. The minimum Gasteiger partial charge on any atom is -0.493 e. The summed E-state index contributed by atoms with van der Waals surface area (Å²) in [4.78, 5) is 51.2. The number of methoxy groups -OCH3 is 2. The predicted molar refractivity (Wildman–Crippen MR) is 184 cm³/mol. The molecule has 1 fully saturated rings. The highest BCUT2D eigenvalue weighted by molar-refractivity contribution is 6.24. The summed E-state index contributed by atoms with van der Waals surface area (Å²) in [5, 5.41) is 2.94. The van der Waals surface area contributed by atoms with Gasteiger partial charge in [-0.1, -0.05) is 42.5 Å². The van der Waals surface area contributed by atoms with Gasteiger partial charge in [0.05, 0.1) is 37.1 Å². The molecular weight excluding hydrogens is 606 g/mol. The highest BCUT2D eigenvalue weighted by Gasteiger charge is 2.43. The van der Waals surface area contributed by atoms with Gasteiger partial charge in [-0.2, -0.15) is 0 Å². The Morgan fingerprint density at radius 2 is 1.56 bits per heavy atom. The summed E-state index contributed by atoms with van der Waals surface area (Å²) in [6.45, 7) is 5.75. The van der Waals surface area contributed by atoms with Crippen molar-refractivity contribution in [1.82, 2.24) is 20.1 Å². The Kier molecular flexibility index (Phi) is 10.0. The molecule has 6 rings (SSSR count). The van der Waals surface area contributed by atoms with Crippen molar-refractivity contribution in [3.05, 3.63) is 119 Å². The number of hydrogen-bond acceptors (Lipinski definition) is 8. The van der Waals surface area contributed by atoms with Crippen LogP contribution in [0.2, 0.25) is 0 Å². The van der Waals surface area contributed by atoms with Gasteiger partial charge in [0.1, 0.15) is 0 Å². The maximum absolute atomic E-state index is 14.4. The molecule has 3 heterocycles. The van der Waals surface area contributed by atoms with E-state index in [2.05, 4.69) is 51.3 Å². The summed E-state index contributed by atoms with van der Waals surface area (Å²) >= 11 is 0. The standard InChI is InChI=1S/C38H41N5O5/c1-26(27-9-5-4-6-10-27)41-21-23-42(24-22-41)32-12-7-11-30-35(32)38(46)43(37(30)45)31(29-14-15-33(47-2)34(25-29)48-3)13-8-18-40-36(44)28-16-19-39-20-17-28/h4-7,9-12,14-17,19-20,25-26,31H,8,13,18,21-24H2,1-3H3,(H,40,44)/t26-,31-/m1/s1. The number of pyridine rings is 1. The quantitative estimate of drug-likeness (QED) is 0.158. The van der Waals surface area contributed by atoms with Gasteiger partial charge >= 0.3 is 0 Å². The molecule has 0 unspecified atom stereocenters. The molecule has 1 N–H and O–H groups in total. The minimum absolute atomic E-state index is 0.205. The maximum atomic E-state index is 14.4. The lowest BCUT2D eigenvalue weighted by atomic mass is 9.99. The Morgan fingerprint density at radius 3 is 2.27 bits per heavy atom. The minimum atomic E-state index is -0.591. The molecule has 1 aromatic heterocycles. The Hall–Kier alpha value is -5.22. The molecule has 3 amide bonds. The summed E-state index contributed by atoms with van der Waals surface area (Å²) in [5.41, 5.74) is 4.19. The van der Waals surface area contributed by atoms with Gasteiger partial charge in [0.25, 0.3) is 17.7 Å². The molecule has 0 bridgehead atoms. The van der Waals surface area contributed by atoms with Gasteiger partial charge in [0.2, 0.25) is 0 Å². The smallest absolute Gasteiger partial charge is 0.264 e. The van der Waals surface area contributed by atoms with E-state index in [4.69, 9.17) is 9.47 Å². The molecule has 1 saturated heterocycles. The van der Waals surface area contributed by atoms with Gasteiger partial charge in [-0.05, 0) is 67.3 Å². The fourth-order valence-corrected chi connectivity index (χ4v) is 6.73. The van der Waals surface area contributed by atoms with Gasteiger partial charge in [-0.15, -0.1) is 0 Å². The third-order valence-electron chi connectivity index (χ3n) is 9.40. The zero-order valence-electron chi connectivity index (χ0n) is 27.6. The average molecular weight is 648 g/mol. The molecule has 2 atom stereocenters. The third-order valence-corrected chi connectivity index (χ3v) is 9.40. The summed E-state index contributed by atoms with van der Waals surface area (Å²) in [6, 6.07) is 24.5. The average Bonchev–Trinajstić information content (AvgIpc) is 3.40. The van der Waals surface area contributed by atoms with Crippen LogP contribution in [0.5, 0.6) is 11.5 Å². The molecule has 4 aromatic rings. The molecular formula is C38H41N5O5. The van der Waals surface area contributed by atoms with E-state index in [-0.39, 0.29) is 23.8 Å². The van der Waals surface area contributed by atoms with E-state index in [1.165, 1.54) is 10.5 Å². The Labute approximate surface area is 281 Å². The van der Waals surface area contributed by atoms with Crippen LogP contribution < -0.4 is 19.7 Å². The Bertz CT molecular complexity index is 1760. The number of carbonyl (C=O) groups excluding carboxylic acids is 3. The van der Waals surface area contributed by atoms with Crippen molar-refractivity contribution in [3.63, 3.8) is 0 Å². The van der Waals surface area contributed by atoms with Crippen LogP contribution in [-0.4, -0.2) is 79.4 Å². The number of anilines is 1. The number of benzene rings is 3. The maximum Gasteiger partial charge on any atom is 0.264 e. The number of rotatable bonds is 12. The molecule has 0 aliphatic carbocycles. The van der Waals surface area contributed by atoms with Gasteiger partial charge in [-0.3, -0.25) is 29.2 Å². The number of nitrogens with one attached hydrogen (secondary N) is 1. The van der Waals surface area contributed by atoms with Crippen LogP contribution in [-0.2, 0) is 0 Å². The second-order valence-electron chi connectivity index (χ2n) is 12.1. The number of ether oxygens (including phenoxy) is 2. The number of imide groups is 1. The first kappa shape index (κ1) is 32.7. The zero-order chi connectivity index (χ0) is 33.6. The van der Waals surface area contributed by atoms with Crippen LogP contribution in [0.25, 0.3) is 0 Å². The molecule has 2 aliphatic heterocycles. The van der Waals surface area contributed by atoms with Crippen molar-refractivity contribution in [1.29, 1.82) is 0 Å². The first-order chi connectivity index (χ1) is 23.4. The van der Waals surface area contributed by atoms with Gasteiger partial charge in [-0.25, -0.2) is 0 Å². The van der Waals surface area contributed by atoms with Crippen molar-refractivity contribution >= 4 is 23.4 Å². The van der Waals surface area contributed by atoms with Gasteiger partial charge in [0, 0.05) is 56.7 Å². The van der Waals surface area contributed by atoms with Gasteiger partial charge in [0.15, 0.2) is 11.5 Å². The van der Waals surface area contributed by atoms with E-state index in [1.54, 1.807) is 50.9 Å². The van der Waals surface area contributed by atoms with Crippen molar-refractivity contribution in [2.45, 2.75) is 31.8 Å². The van der Waals surface area contributed by atoms with Crippen molar-refractivity contribution in [2.75, 3.05) is 51.8 Å². The van der Waals surface area contributed by atoms with E-state index in [9.17, 15) is 14.4 Å². The van der Waals surface area contributed by atoms with E-state index >= 15 is 0 Å². The van der Waals surface area contributed by atoms with E-state index in [0.717, 1.165) is 37.4 Å². The van der Waals surface area contributed by atoms with Crippen LogP contribution in [0.4, 0.5) is 5.69 Å². The number of piperazine rings is 1. The first-order valence-corrected chi connectivity index (χ1v) is 16.4. The predicted octanol–water partition coefficient (Wildman–Crippen LogP) is 5.53. The number of amides is 3. The topological polar surface area (TPSA) is 104 Å². The number of aromatic nitrogens is 1. The van der Waals surface area contributed by atoms with Crippen LogP contribution >= 0.6 is 0 Å². The fourth-order valence-electron chi connectivity index (χ4n) is 6.73. The lowest BCUT2D eigenvalue weighted by Crippen LogP contribution is -2.47. The Balaban J connectivity index is 1.22. The monoisotopic (exact) mass is 647 g/mol. The summed E-state index contributed by atoms with van der Waals surface area (Å²) in [7, 11) is 3.12. The van der Waals surface area contributed by atoms with Crippen LogP contribution in [0, 0.1) is 0 Å². The number of carbonyl (C=O) groups is 3. The number of hydrogen-bond donors (Lipinski definition) is 1. The molecule has 248 valence electrons. The zero-order valence-corrected chi connectivity index (χ0v) is 27.6. The summed E-state index contributed by atoms with van der Waals surface area (Å²) in [5.74, 6) is 0.213. The molecule has 0 saturated carbocycles. The highest BCUT2D eigenvalue weighted by atomic mass is 16.5. The van der Waals surface area contributed by atoms with Crippen molar-refractivity contribution < 1.29 is 23.9 Å². The molecule has 2 aliphatic rings. The lowest BCUT2D eigenvalue weighted by molar-refractivity contribution is 0.0570. The van der Waals surface area contributed by atoms with Crippen LogP contribution in [0.1, 0.15) is 74.0 Å². The fraction of sp³-hybridized carbons (Fsp3) is 0.316. The molecule has 10 heteroatoms. The van der Waals surface area contributed by atoms with E-state index in [1.807, 2.05) is 30.3 Å². The highest BCUT2D eigenvalue weighted by Crippen LogP contribution is 2.40. The summed E-state index contributed by atoms with van der Waals surface area (Å²) < 4.78 is 11.0. The van der Waals surface area contributed by atoms with Crippen LogP contribution in [0.3, 0.4) is 0 Å². The molecule has 0 spiro atoms. The molecule has 3 aromatic carbocycles. The van der Waals surface area contributed by atoms with Crippen LogP contribution in [0.15, 0.2) is 91.3 Å². The third kappa shape index (κ3) is 6.61. The van der Waals surface area contributed by atoms with Crippen molar-refractivity contribution in [3.8, 4) is 11.5 Å².